The van der Waals surface area contributed by atoms with Crippen molar-refractivity contribution in [1.29, 1.82) is 0 Å². The summed E-state index contributed by atoms with van der Waals surface area (Å²) >= 11 is 0. The van der Waals surface area contributed by atoms with E-state index in [2.05, 4.69) is 36.6 Å². The Morgan fingerprint density at radius 3 is 2.92 bits per heavy atom. The maximum atomic E-state index is 5.31. The minimum Gasteiger partial charge on any atom is -0.581 e. The van der Waals surface area contributed by atoms with Crippen molar-refractivity contribution in [2.75, 3.05) is 0 Å². The van der Waals surface area contributed by atoms with Crippen LogP contribution >= 0.6 is 0 Å². The second-order valence-electron chi connectivity index (χ2n) is 3.21. The number of nitrogens with zero attached hydrogens (tertiary/aromatic N) is 1. The second kappa shape index (κ2) is 2.81. The molecule has 1 aromatic rings. The first-order valence-corrected chi connectivity index (χ1v) is 4.14. The predicted molar refractivity (Wildman–Crippen MR) is 49.5 cm³/mol. The lowest BCUT2D eigenvalue weighted by Crippen LogP contribution is -2.14. The fourth-order valence-electron chi connectivity index (χ4n) is 1.79. The molecule has 0 unspecified atom stereocenters. The molecule has 2 N–H and O–H groups in total. The molecular weight excluding hydrogens is 148 g/mol. The van der Waals surface area contributed by atoms with E-state index in [1.807, 2.05) is 0 Å². The molecule has 62 valence electrons. The lowest BCUT2D eigenvalue weighted by Gasteiger charge is -2.21. The molecule has 1 aliphatic carbocycles. The number of hydrogen-bond donors (Lipinski definition) is 1. The third-order valence-corrected chi connectivity index (χ3v) is 2.54. The van der Waals surface area contributed by atoms with Crippen LogP contribution in [0.15, 0.2) is 24.3 Å². The molecule has 0 radical (unpaired) electrons. The van der Waals surface area contributed by atoms with Crippen molar-refractivity contribution < 1.29 is 0 Å². The fraction of sp³-hybridized carbons (Fsp3) is 0.300. The summed E-state index contributed by atoms with van der Waals surface area (Å²) in [4.78, 5) is 0. The topological polar surface area (TPSA) is 40.1 Å². The van der Waals surface area contributed by atoms with Gasteiger partial charge in [0.1, 0.15) is 5.56 Å². The first-order valence-electron chi connectivity index (χ1n) is 4.14. The highest BCUT2D eigenvalue weighted by Gasteiger charge is 2.30. The molecule has 2 nitrogen and oxygen atoms in total. The molecule has 0 amide bonds. The molecule has 2 rings (SSSR count). The van der Waals surface area contributed by atoms with Gasteiger partial charge in [0.2, 0.25) is 0 Å². The zero-order valence-electron chi connectivity index (χ0n) is 7.12. The Morgan fingerprint density at radius 1 is 1.50 bits per heavy atom. The minimum absolute atomic E-state index is 0.211. The summed E-state index contributed by atoms with van der Waals surface area (Å²) in [6.07, 6.45) is 0.971. The Hall–Kier alpha value is -0.990. The molecule has 1 aromatic carbocycles. The Bertz CT molecular complexity index is 283. The van der Waals surface area contributed by atoms with Crippen molar-refractivity contribution >= 4 is 0 Å². The molecule has 0 aromatic heterocycles. The van der Waals surface area contributed by atoms with Crippen LogP contribution in [0.5, 0.6) is 0 Å². The standard InChI is InChI=1S/C10H12N2/c1-7-9-5-3-2-4-8(9)6-10(7)12-11/h2-5,10H,6,11H2,1H3/t10-/m0/s1. The van der Waals surface area contributed by atoms with Gasteiger partial charge in [-0.3, -0.25) is 0 Å². The largest absolute Gasteiger partial charge is 0.581 e. The SMILES string of the molecule is C[C+]1c2ccccc2C[C@@H]1[N-]N. The highest BCUT2D eigenvalue weighted by atomic mass is 15.2. The van der Waals surface area contributed by atoms with Crippen molar-refractivity contribution in [2.24, 2.45) is 5.84 Å². The highest BCUT2D eigenvalue weighted by Crippen LogP contribution is 2.34. The molecule has 12 heavy (non-hydrogen) atoms. The van der Waals surface area contributed by atoms with Crippen LogP contribution in [0.25, 0.3) is 5.43 Å². The van der Waals surface area contributed by atoms with Crippen LogP contribution in [0.2, 0.25) is 0 Å². The quantitative estimate of drug-likeness (QED) is 0.380. The lowest BCUT2D eigenvalue weighted by atomic mass is 10.0. The Balaban J connectivity index is 2.35. The summed E-state index contributed by atoms with van der Waals surface area (Å²) in [5.74, 6) is 6.61. The van der Waals surface area contributed by atoms with Crippen molar-refractivity contribution in [3.05, 3.63) is 46.7 Å². The van der Waals surface area contributed by atoms with Crippen molar-refractivity contribution in [1.82, 2.24) is 0 Å². The van der Waals surface area contributed by atoms with Gasteiger partial charge in [-0.25, -0.2) is 0 Å². The van der Waals surface area contributed by atoms with E-state index in [1.54, 1.807) is 0 Å². The van der Waals surface area contributed by atoms with Crippen LogP contribution < -0.4 is 5.84 Å². The second-order valence-corrected chi connectivity index (χ2v) is 3.21. The zero-order chi connectivity index (χ0) is 8.55. The van der Waals surface area contributed by atoms with Crippen LogP contribution in [-0.2, 0) is 6.42 Å². The summed E-state index contributed by atoms with van der Waals surface area (Å²) in [5, 5.41) is 0. The number of fused-ring (bicyclic) bond motifs is 1. The molecule has 0 heterocycles. The summed E-state index contributed by atoms with van der Waals surface area (Å²) in [6.45, 7) is 2.10. The zero-order valence-corrected chi connectivity index (χ0v) is 7.12. The highest BCUT2D eigenvalue weighted by molar-refractivity contribution is 5.48. The Kier molecular flexibility index (Phi) is 1.79. The first kappa shape index (κ1) is 7.65. The van der Waals surface area contributed by atoms with E-state index >= 15 is 0 Å². The van der Waals surface area contributed by atoms with Gasteiger partial charge in [-0.2, -0.15) is 0 Å². The van der Waals surface area contributed by atoms with Gasteiger partial charge in [-0.05, 0) is 24.2 Å². The van der Waals surface area contributed by atoms with Crippen molar-refractivity contribution in [2.45, 2.75) is 19.4 Å². The molecule has 0 saturated heterocycles. The van der Waals surface area contributed by atoms with Gasteiger partial charge in [0.25, 0.3) is 0 Å². The van der Waals surface area contributed by atoms with Gasteiger partial charge in [-0.1, -0.05) is 0 Å². The number of rotatable bonds is 1. The molecule has 0 saturated carbocycles. The summed E-state index contributed by atoms with van der Waals surface area (Å²) < 4.78 is 0. The van der Waals surface area contributed by atoms with Gasteiger partial charge >= 0.3 is 0 Å². The fourth-order valence-corrected chi connectivity index (χ4v) is 1.79. The average molecular weight is 160 g/mol. The van der Waals surface area contributed by atoms with Gasteiger partial charge in [0, 0.05) is 25.3 Å². The molecule has 1 aliphatic rings. The van der Waals surface area contributed by atoms with E-state index in [0.29, 0.717) is 0 Å². The van der Waals surface area contributed by atoms with Crippen LogP contribution in [-0.4, -0.2) is 6.04 Å². The third-order valence-electron chi connectivity index (χ3n) is 2.54. The molecule has 2 heteroatoms. The van der Waals surface area contributed by atoms with Crippen LogP contribution in [0.3, 0.4) is 0 Å². The van der Waals surface area contributed by atoms with E-state index < -0.39 is 0 Å². The van der Waals surface area contributed by atoms with E-state index in [4.69, 9.17) is 5.84 Å². The van der Waals surface area contributed by atoms with Gasteiger partial charge in [0.05, 0.1) is 5.56 Å². The van der Waals surface area contributed by atoms with Gasteiger partial charge < -0.3 is 11.3 Å². The van der Waals surface area contributed by atoms with Crippen molar-refractivity contribution in [3.63, 3.8) is 0 Å². The monoisotopic (exact) mass is 160 g/mol. The molecule has 0 spiro atoms. The predicted octanol–water partition coefficient (Wildman–Crippen LogP) is 1.80. The number of benzene rings is 1. The van der Waals surface area contributed by atoms with Crippen LogP contribution in [0.1, 0.15) is 18.1 Å². The van der Waals surface area contributed by atoms with E-state index in [-0.39, 0.29) is 6.04 Å². The molecule has 1 atom stereocenters. The third kappa shape index (κ3) is 1.00. The normalized spacial score (nSPS) is 21.2. The Morgan fingerprint density at radius 2 is 2.25 bits per heavy atom. The molecule has 0 aliphatic heterocycles. The first-order chi connectivity index (χ1) is 5.83. The van der Waals surface area contributed by atoms with Gasteiger partial charge in [0.15, 0.2) is 0 Å². The number of nitrogens with two attached hydrogens (primary N) is 1. The Labute approximate surface area is 72.7 Å². The van der Waals surface area contributed by atoms with E-state index in [0.717, 1.165) is 6.42 Å². The van der Waals surface area contributed by atoms with Crippen molar-refractivity contribution in [3.8, 4) is 0 Å². The summed E-state index contributed by atoms with van der Waals surface area (Å²) in [5.41, 5.74) is 6.55. The van der Waals surface area contributed by atoms with Crippen LogP contribution in [0, 0.1) is 5.92 Å². The van der Waals surface area contributed by atoms with Gasteiger partial charge in [-0.15, -0.1) is 0 Å². The average Bonchev–Trinajstić information content (AvgIpc) is 2.44. The number of hydrogen-bond acceptors (Lipinski definition) is 1. The minimum atomic E-state index is 0.211. The molecule has 0 bridgehead atoms. The van der Waals surface area contributed by atoms with E-state index in [9.17, 15) is 0 Å². The summed E-state index contributed by atoms with van der Waals surface area (Å²) in [6, 6.07) is 8.61. The molecular formula is C10H12N2. The maximum Gasteiger partial charge on any atom is 0.133 e. The smallest absolute Gasteiger partial charge is 0.133 e. The lowest BCUT2D eigenvalue weighted by molar-refractivity contribution is 0.811. The maximum absolute atomic E-state index is 5.31. The van der Waals surface area contributed by atoms with E-state index in [1.165, 1.54) is 17.0 Å². The van der Waals surface area contributed by atoms with Crippen LogP contribution in [0.4, 0.5) is 0 Å². The summed E-state index contributed by atoms with van der Waals surface area (Å²) in [7, 11) is 0. The molecule has 0 fully saturated rings.